The number of Topliss-reactive ketones (excluding diaryl/α,β-unsaturated/α-hetero) is 1. The smallest absolute Gasteiger partial charge is 0.453 e. The normalized spacial score (nSPS) is 18.4. The largest absolute Gasteiger partial charge is 0.586 e. The number of nitrogens with one attached hydrogen (secondary N) is 4. The zero-order valence-electron chi connectivity index (χ0n) is 21.0. The van der Waals surface area contributed by atoms with Crippen LogP contribution < -0.4 is 24.8 Å². The highest BCUT2D eigenvalue weighted by Crippen LogP contribution is 2.48. The fraction of sp³-hybridized carbons (Fsp3) is 0.240. The average molecular weight is 608 g/mol. The van der Waals surface area contributed by atoms with Gasteiger partial charge in [-0.1, -0.05) is 0 Å². The molecule has 1 unspecified atom stereocenters. The van der Waals surface area contributed by atoms with Gasteiger partial charge < -0.3 is 44.0 Å². The standard InChI is InChI=1S/C25H19F2N5O7S.ClH/c1-2-35-24(34)37-22-21-10(7-29-22)19(20-13(30-21)8-28-9-14(20)33)15-3-4-18(36-15)40-23-31-11-5-16-17(6-12(11)32-23)39-25(26,27)38-16;/h3-7,19,28-30H,2,8-9H2,1H3,(H,31,32);1H. The molecule has 0 fully saturated rings. The lowest BCUT2D eigenvalue weighted by Gasteiger charge is -2.31. The molecule has 1 atom stereocenters. The third kappa shape index (κ3) is 4.75. The molecular formula is C25H20ClF2N5O7S. The highest BCUT2D eigenvalue weighted by atomic mass is 35.5. The highest BCUT2D eigenvalue weighted by molar-refractivity contribution is 7.99. The first kappa shape index (κ1) is 27.0. The predicted octanol–water partition coefficient (Wildman–Crippen LogP) is 4.90. The molecule has 4 N–H and O–H groups in total. The molecular weight excluding hydrogens is 588 g/mol. The van der Waals surface area contributed by atoms with E-state index in [2.05, 4.69) is 35.1 Å². The number of fused-ring (bicyclic) bond motifs is 3. The van der Waals surface area contributed by atoms with E-state index in [1.54, 1.807) is 25.3 Å². The molecule has 12 nitrogen and oxygen atoms in total. The Labute approximate surface area is 239 Å². The van der Waals surface area contributed by atoms with Crippen molar-refractivity contribution >= 4 is 52.8 Å². The van der Waals surface area contributed by atoms with Crippen LogP contribution in [0.3, 0.4) is 0 Å². The van der Waals surface area contributed by atoms with Crippen LogP contribution in [0.15, 0.2) is 56.4 Å². The Morgan fingerprint density at radius 2 is 2.02 bits per heavy atom. The summed E-state index contributed by atoms with van der Waals surface area (Å²) < 4.78 is 52.2. The maximum absolute atomic E-state index is 13.4. The van der Waals surface area contributed by atoms with Crippen LogP contribution in [0, 0.1) is 0 Å². The first-order valence-electron chi connectivity index (χ1n) is 12.1. The van der Waals surface area contributed by atoms with Crippen molar-refractivity contribution in [3.8, 4) is 17.4 Å². The van der Waals surface area contributed by atoms with E-state index >= 15 is 0 Å². The second-order valence-electron chi connectivity index (χ2n) is 8.99. The highest BCUT2D eigenvalue weighted by Gasteiger charge is 2.44. The zero-order chi connectivity index (χ0) is 27.6. The number of hydrogen-bond donors (Lipinski definition) is 4. The first-order valence-corrected chi connectivity index (χ1v) is 13.0. The molecule has 214 valence electrons. The lowest BCUT2D eigenvalue weighted by Crippen LogP contribution is -2.39. The average Bonchev–Trinajstić information content (AvgIpc) is 3.67. The third-order valence-corrected chi connectivity index (χ3v) is 7.28. The zero-order valence-corrected chi connectivity index (χ0v) is 22.6. The minimum Gasteiger partial charge on any atom is -0.453 e. The number of alkyl halides is 2. The number of ketones is 1. The summed E-state index contributed by atoms with van der Waals surface area (Å²) in [6.07, 6.45) is -2.92. The monoisotopic (exact) mass is 607 g/mol. The Balaban J connectivity index is 0.00000302. The molecule has 6 heterocycles. The van der Waals surface area contributed by atoms with Gasteiger partial charge in [-0.2, -0.15) is 0 Å². The molecule has 3 aromatic heterocycles. The van der Waals surface area contributed by atoms with E-state index in [1.807, 2.05) is 0 Å². The van der Waals surface area contributed by atoms with Crippen LogP contribution in [0.1, 0.15) is 24.2 Å². The quantitative estimate of drug-likeness (QED) is 0.229. The first-order chi connectivity index (χ1) is 19.3. The number of carbonyl (C=O) groups is 2. The van der Waals surface area contributed by atoms with Crippen molar-refractivity contribution in [2.75, 3.05) is 25.0 Å². The number of halogens is 3. The minimum atomic E-state index is -3.71. The van der Waals surface area contributed by atoms with Gasteiger partial charge in [0.2, 0.25) is 5.88 Å². The van der Waals surface area contributed by atoms with E-state index in [0.717, 1.165) is 0 Å². The molecule has 0 radical (unpaired) electrons. The van der Waals surface area contributed by atoms with E-state index in [0.29, 0.717) is 56.1 Å². The molecule has 0 amide bonds. The Kier molecular flexibility index (Phi) is 6.59. The van der Waals surface area contributed by atoms with Crippen molar-refractivity contribution in [3.05, 3.63) is 53.1 Å². The molecule has 41 heavy (non-hydrogen) atoms. The summed E-state index contributed by atoms with van der Waals surface area (Å²) in [5, 5.41) is 7.20. The van der Waals surface area contributed by atoms with Gasteiger partial charge in [-0.05, 0) is 30.8 Å². The summed E-state index contributed by atoms with van der Waals surface area (Å²) in [5.74, 6) is -0.202. The van der Waals surface area contributed by atoms with E-state index in [9.17, 15) is 18.4 Å². The fourth-order valence-electron chi connectivity index (χ4n) is 4.91. The second-order valence-corrected chi connectivity index (χ2v) is 9.99. The van der Waals surface area contributed by atoms with Crippen molar-refractivity contribution in [3.63, 3.8) is 0 Å². The van der Waals surface area contributed by atoms with Gasteiger partial charge in [0, 0.05) is 41.7 Å². The summed E-state index contributed by atoms with van der Waals surface area (Å²) in [6.45, 7) is 2.41. The molecule has 0 aliphatic carbocycles. The Morgan fingerprint density at radius 1 is 1.22 bits per heavy atom. The maximum atomic E-state index is 13.4. The third-order valence-electron chi connectivity index (χ3n) is 6.48. The fourth-order valence-corrected chi connectivity index (χ4v) is 5.68. The lowest BCUT2D eigenvalue weighted by molar-refractivity contribution is -0.286. The number of rotatable bonds is 5. The number of furan rings is 1. The van der Waals surface area contributed by atoms with E-state index < -0.39 is 18.4 Å². The van der Waals surface area contributed by atoms with Gasteiger partial charge in [0.15, 0.2) is 27.5 Å². The van der Waals surface area contributed by atoms with Gasteiger partial charge >= 0.3 is 12.5 Å². The Bertz CT molecular complexity index is 1690. The van der Waals surface area contributed by atoms with Crippen LogP contribution >= 0.6 is 24.2 Å². The summed E-state index contributed by atoms with van der Waals surface area (Å²) in [4.78, 5) is 35.4. The molecule has 0 bridgehead atoms. The van der Waals surface area contributed by atoms with Gasteiger partial charge in [0.25, 0.3) is 0 Å². The van der Waals surface area contributed by atoms with Crippen molar-refractivity contribution in [2.45, 2.75) is 29.4 Å². The minimum absolute atomic E-state index is 0. The van der Waals surface area contributed by atoms with Crippen molar-refractivity contribution in [1.82, 2.24) is 20.3 Å². The summed E-state index contributed by atoms with van der Waals surface area (Å²) in [6, 6.07) is 6.28. The maximum Gasteiger partial charge on any atom is 0.586 e. The number of aromatic amines is 2. The van der Waals surface area contributed by atoms with Crippen LogP contribution in [0.5, 0.6) is 17.4 Å². The van der Waals surface area contributed by atoms with E-state index in [4.69, 9.17) is 13.9 Å². The number of H-pyrrole nitrogens is 2. The Hall–Kier alpha value is -4.21. The number of anilines is 1. The van der Waals surface area contributed by atoms with Crippen LogP contribution in [0.2, 0.25) is 0 Å². The van der Waals surface area contributed by atoms with Gasteiger partial charge in [0.1, 0.15) is 11.4 Å². The van der Waals surface area contributed by atoms with Crippen molar-refractivity contribution in [2.24, 2.45) is 0 Å². The number of aromatic nitrogens is 3. The number of nitrogens with zero attached hydrogens (tertiary/aromatic N) is 1. The topological polar surface area (TPSA) is 153 Å². The lowest BCUT2D eigenvalue weighted by atomic mass is 9.82. The van der Waals surface area contributed by atoms with Crippen LogP contribution in [-0.4, -0.2) is 52.9 Å². The van der Waals surface area contributed by atoms with Gasteiger partial charge in [0.05, 0.1) is 30.1 Å². The summed E-state index contributed by atoms with van der Waals surface area (Å²) in [5.41, 5.74) is 3.25. The van der Waals surface area contributed by atoms with Crippen molar-refractivity contribution in [1.29, 1.82) is 0 Å². The molecule has 0 saturated carbocycles. The number of carbonyl (C=O) groups excluding carboxylic acids is 2. The number of benzene rings is 1. The van der Waals surface area contributed by atoms with E-state index in [-0.39, 0.29) is 48.7 Å². The molecule has 4 aromatic rings. The number of hydrogen-bond acceptors (Lipinski definition) is 11. The SMILES string of the molecule is CCOC(=O)Oc1[nH]cc2c1NC1=C(C(=O)CNC1)C2c1ccc(Sc2nc3cc4c(cc3[nH]2)OC(F)(F)O4)o1.Cl. The molecule has 0 spiro atoms. The van der Waals surface area contributed by atoms with Crippen LogP contribution in [-0.2, 0) is 9.53 Å². The molecule has 3 aliphatic heterocycles. The van der Waals surface area contributed by atoms with Crippen LogP contribution in [0.4, 0.5) is 19.3 Å². The molecule has 7 rings (SSSR count). The molecule has 16 heteroatoms. The van der Waals surface area contributed by atoms with Crippen LogP contribution in [0.25, 0.3) is 11.0 Å². The summed E-state index contributed by atoms with van der Waals surface area (Å²) in [7, 11) is 0. The number of imidazole rings is 1. The number of ether oxygens (including phenoxy) is 4. The van der Waals surface area contributed by atoms with Gasteiger partial charge in [-0.3, -0.25) is 4.79 Å². The second kappa shape index (κ2) is 10.0. The molecule has 0 saturated heterocycles. The molecule has 3 aliphatic rings. The van der Waals surface area contributed by atoms with Crippen molar-refractivity contribution < 1.29 is 41.7 Å². The Morgan fingerprint density at radius 3 is 2.83 bits per heavy atom. The predicted molar refractivity (Wildman–Crippen MR) is 141 cm³/mol. The van der Waals surface area contributed by atoms with Gasteiger partial charge in [-0.15, -0.1) is 21.2 Å². The molecule has 1 aromatic carbocycles. The summed E-state index contributed by atoms with van der Waals surface area (Å²) >= 11 is 1.18. The van der Waals surface area contributed by atoms with E-state index in [1.165, 1.54) is 23.9 Å². The van der Waals surface area contributed by atoms with Gasteiger partial charge in [-0.25, -0.2) is 9.78 Å².